The molecule has 0 aliphatic rings. The largest absolute Gasteiger partial charge is 0.469 e. The Morgan fingerprint density at radius 1 is 1.40 bits per heavy atom. The average molecular weight is 280 g/mol. The summed E-state index contributed by atoms with van der Waals surface area (Å²) in [6.45, 7) is 4.64. The topological polar surface area (TPSA) is 79.5 Å². The Balaban J connectivity index is 2.87. The zero-order chi connectivity index (χ0) is 15.1. The molecule has 110 valence electrons. The summed E-state index contributed by atoms with van der Waals surface area (Å²) < 4.78 is 4.57. The van der Waals surface area contributed by atoms with Crippen LogP contribution in [0.5, 0.6) is 0 Å². The number of nitrogens with one attached hydrogen (secondary N) is 1. The molecule has 1 rings (SSSR count). The van der Waals surface area contributed by atoms with Crippen LogP contribution in [0.4, 0.5) is 0 Å². The standard InChI is InChI=1S/C14H20N2O4/c1-10(2)9-16(7-5-13(18)20-3)14(19)11-8-15-6-4-12(11)17/h4,6,8,10H,5,7,9H2,1-3H3,(H,15,17). The molecule has 0 aliphatic carbocycles. The van der Waals surface area contributed by atoms with Crippen LogP contribution in [0.1, 0.15) is 30.6 Å². The van der Waals surface area contributed by atoms with Crippen molar-refractivity contribution in [3.05, 3.63) is 34.2 Å². The van der Waals surface area contributed by atoms with Crippen LogP contribution in [0.3, 0.4) is 0 Å². The van der Waals surface area contributed by atoms with Gasteiger partial charge >= 0.3 is 5.97 Å². The van der Waals surface area contributed by atoms with E-state index in [1.807, 2.05) is 13.8 Å². The molecule has 1 aromatic rings. The molecule has 1 heterocycles. The van der Waals surface area contributed by atoms with E-state index in [1.54, 1.807) is 0 Å². The minimum atomic E-state index is -0.381. The minimum absolute atomic E-state index is 0.0815. The minimum Gasteiger partial charge on any atom is -0.469 e. The summed E-state index contributed by atoms with van der Waals surface area (Å²) in [7, 11) is 1.30. The van der Waals surface area contributed by atoms with Crippen LogP contribution in [0.25, 0.3) is 0 Å². The number of nitrogens with zero attached hydrogens (tertiary/aromatic N) is 1. The zero-order valence-electron chi connectivity index (χ0n) is 12.0. The molecule has 6 heteroatoms. The van der Waals surface area contributed by atoms with E-state index in [9.17, 15) is 14.4 Å². The Morgan fingerprint density at radius 2 is 2.10 bits per heavy atom. The van der Waals surface area contributed by atoms with E-state index in [-0.39, 0.29) is 41.8 Å². The van der Waals surface area contributed by atoms with Crippen LogP contribution >= 0.6 is 0 Å². The van der Waals surface area contributed by atoms with Gasteiger partial charge < -0.3 is 14.6 Å². The number of H-pyrrole nitrogens is 1. The molecule has 1 aromatic heterocycles. The lowest BCUT2D eigenvalue weighted by atomic mass is 10.1. The van der Waals surface area contributed by atoms with Gasteiger partial charge in [-0.15, -0.1) is 0 Å². The third-order valence-electron chi connectivity index (χ3n) is 2.74. The van der Waals surface area contributed by atoms with Gasteiger partial charge in [0.25, 0.3) is 5.91 Å². The molecule has 0 saturated carbocycles. The first-order valence-electron chi connectivity index (χ1n) is 6.49. The summed E-state index contributed by atoms with van der Waals surface area (Å²) in [6.07, 6.45) is 2.97. The van der Waals surface area contributed by atoms with E-state index < -0.39 is 0 Å². The van der Waals surface area contributed by atoms with E-state index in [1.165, 1.54) is 30.5 Å². The maximum atomic E-state index is 12.4. The summed E-state index contributed by atoms with van der Waals surface area (Å²) in [5.74, 6) is -0.516. The van der Waals surface area contributed by atoms with Crippen LogP contribution in [-0.4, -0.2) is 42.0 Å². The van der Waals surface area contributed by atoms with Gasteiger partial charge in [-0.25, -0.2) is 0 Å². The molecule has 0 bridgehead atoms. The Kier molecular flexibility index (Phi) is 5.96. The number of ether oxygens (including phenoxy) is 1. The first-order chi connectivity index (χ1) is 9.45. The van der Waals surface area contributed by atoms with Crippen LogP contribution in [0, 0.1) is 5.92 Å². The molecule has 0 aromatic carbocycles. The number of hydrogen-bond acceptors (Lipinski definition) is 4. The fourth-order valence-corrected chi connectivity index (χ4v) is 1.80. The van der Waals surface area contributed by atoms with Crippen LogP contribution in [0.15, 0.2) is 23.3 Å². The second-order valence-corrected chi connectivity index (χ2v) is 4.89. The number of aromatic amines is 1. The molecule has 20 heavy (non-hydrogen) atoms. The smallest absolute Gasteiger partial charge is 0.307 e. The molecule has 0 unspecified atom stereocenters. The van der Waals surface area contributed by atoms with Crippen molar-refractivity contribution in [2.75, 3.05) is 20.2 Å². The number of amides is 1. The Morgan fingerprint density at radius 3 is 2.65 bits per heavy atom. The molecule has 0 fully saturated rings. The molecule has 0 saturated heterocycles. The number of carbonyl (C=O) groups excluding carboxylic acids is 2. The number of hydrogen-bond donors (Lipinski definition) is 1. The molecule has 0 spiro atoms. The molecule has 6 nitrogen and oxygen atoms in total. The van der Waals surface area contributed by atoms with Gasteiger partial charge in [0.05, 0.1) is 13.5 Å². The predicted octanol–water partition coefficient (Wildman–Crippen LogP) is 1.04. The summed E-state index contributed by atoms with van der Waals surface area (Å²) in [6, 6.07) is 1.31. The Hall–Kier alpha value is -2.11. The van der Waals surface area contributed by atoms with Crippen molar-refractivity contribution in [1.82, 2.24) is 9.88 Å². The van der Waals surface area contributed by atoms with Crippen molar-refractivity contribution in [3.63, 3.8) is 0 Å². The first kappa shape index (κ1) is 15.9. The number of pyridine rings is 1. The highest BCUT2D eigenvalue weighted by molar-refractivity contribution is 5.94. The SMILES string of the molecule is COC(=O)CCN(CC(C)C)C(=O)c1c[nH]ccc1=O. The van der Waals surface area contributed by atoms with Crippen molar-refractivity contribution in [2.24, 2.45) is 5.92 Å². The third-order valence-corrected chi connectivity index (χ3v) is 2.74. The zero-order valence-corrected chi connectivity index (χ0v) is 12.0. The van der Waals surface area contributed by atoms with Crippen molar-refractivity contribution < 1.29 is 14.3 Å². The van der Waals surface area contributed by atoms with Crippen LogP contribution < -0.4 is 5.43 Å². The molecule has 0 aliphatic heterocycles. The predicted molar refractivity (Wildman–Crippen MR) is 74.4 cm³/mol. The molecule has 0 radical (unpaired) electrons. The van der Waals surface area contributed by atoms with E-state index in [2.05, 4.69) is 9.72 Å². The highest BCUT2D eigenvalue weighted by atomic mass is 16.5. The van der Waals surface area contributed by atoms with Gasteiger partial charge in [-0.3, -0.25) is 14.4 Å². The lowest BCUT2D eigenvalue weighted by Crippen LogP contribution is -2.38. The number of esters is 1. The third kappa shape index (κ3) is 4.53. The monoisotopic (exact) mass is 280 g/mol. The second kappa shape index (κ2) is 7.47. The summed E-state index contributed by atoms with van der Waals surface area (Å²) in [5, 5.41) is 0. The van der Waals surface area contributed by atoms with Gasteiger partial charge in [0.15, 0.2) is 5.43 Å². The lowest BCUT2D eigenvalue weighted by Gasteiger charge is -2.23. The maximum absolute atomic E-state index is 12.4. The van der Waals surface area contributed by atoms with E-state index in [0.717, 1.165) is 0 Å². The number of carbonyl (C=O) groups is 2. The fourth-order valence-electron chi connectivity index (χ4n) is 1.80. The van der Waals surface area contributed by atoms with Gasteiger partial charge in [-0.05, 0) is 5.92 Å². The summed E-state index contributed by atoms with van der Waals surface area (Å²) in [5.41, 5.74) is -0.251. The summed E-state index contributed by atoms with van der Waals surface area (Å²) in [4.78, 5) is 39.5. The van der Waals surface area contributed by atoms with Gasteiger partial charge in [0, 0.05) is 31.5 Å². The molecule has 1 N–H and O–H groups in total. The van der Waals surface area contributed by atoms with Gasteiger partial charge in [-0.2, -0.15) is 0 Å². The quantitative estimate of drug-likeness (QED) is 0.789. The van der Waals surface area contributed by atoms with Gasteiger partial charge in [0.2, 0.25) is 0 Å². The van der Waals surface area contributed by atoms with E-state index in [4.69, 9.17) is 0 Å². The number of aromatic nitrogens is 1. The number of rotatable bonds is 6. The van der Waals surface area contributed by atoms with Crippen LogP contribution in [-0.2, 0) is 9.53 Å². The van der Waals surface area contributed by atoms with E-state index >= 15 is 0 Å². The molecule has 1 amide bonds. The van der Waals surface area contributed by atoms with Gasteiger partial charge in [-0.1, -0.05) is 13.8 Å². The van der Waals surface area contributed by atoms with Crippen LogP contribution in [0.2, 0.25) is 0 Å². The Labute approximate surface area is 117 Å². The number of methoxy groups -OCH3 is 1. The molecule has 0 atom stereocenters. The Bertz CT molecular complexity index is 522. The highest BCUT2D eigenvalue weighted by Gasteiger charge is 2.20. The van der Waals surface area contributed by atoms with Crippen molar-refractivity contribution in [1.29, 1.82) is 0 Å². The van der Waals surface area contributed by atoms with Crippen molar-refractivity contribution in [3.8, 4) is 0 Å². The lowest BCUT2D eigenvalue weighted by molar-refractivity contribution is -0.140. The second-order valence-electron chi connectivity index (χ2n) is 4.89. The highest BCUT2D eigenvalue weighted by Crippen LogP contribution is 2.05. The fraction of sp³-hybridized carbons (Fsp3) is 0.500. The average Bonchev–Trinajstić information content (AvgIpc) is 2.42. The molecular weight excluding hydrogens is 260 g/mol. The van der Waals surface area contributed by atoms with Crippen molar-refractivity contribution in [2.45, 2.75) is 20.3 Å². The maximum Gasteiger partial charge on any atom is 0.307 e. The van der Waals surface area contributed by atoms with E-state index in [0.29, 0.717) is 6.54 Å². The molecular formula is C14H20N2O4. The normalized spacial score (nSPS) is 10.4. The first-order valence-corrected chi connectivity index (χ1v) is 6.49. The summed E-state index contributed by atoms with van der Waals surface area (Å²) >= 11 is 0. The van der Waals surface area contributed by atoms with Crippen molar-refractivity contribution >= 4 is 11.9 Å². The van der Waals surface area contributed by atoms with Gasteiger partial charge in [0.1, 0.15) is 5.56 Å².